The Morgan fingerprint density at radius 3 is 2.76 bits per heavy atom. The predicted molar refractivity (Wildman–Crippen MR) is 99.3 cm³/mol. The van der Waals surface area contributed by atoms with Gasteiger partial charge in [-0.05, 0) is 46.3 Å². The number of aromatic nitrogens is 1. The van der Waals surface area contributed by atoms with E-state index < -0.39 is 0 Å². The molecule has 3 rings (SSSR count). The molecule has 1 atom stereocenters. The van der Waals surface area contributed by atoms with Gasteiger partial charge in [-0.3, -0.25) is 4.79 Å². The van der Waals surface area contributed by atoms with E-state index in [1.807, 2.05) is 40.7 Å². The van der Waals surface area contributed by atoms with Crippen molar-refractivity contribution in [2.24, 2.45) is 0 Å². The summed E-state index contributed by atoms with van der Waals surface area (Å²) >= 11 is 0. The summed E-state index contributed by atoms with van der Waals surface area (Å²) in [6.45, 7) is 3.87. The fourth-order valence-corrected chi connectivity index (χ4v) is 3.86. The lowest BCUT2D eigenvalue weighted by Crippen LogP contribution is -2.36. The summed E-state index contributed by atoms with van der Waals surface area (Å²) in [6.07, 6.45) is 3.21. The number of fused-ring (bicyclic) bond motifs is 1. The molecule has 1 fully saturated rings. The topological polar surface area (TPSA) is 52.3 Å². The van der Waals surface area contributed by atoms with Gasteiger partial charge in [0.05, 0.1) is 11.1 Å². The first kappa shape index (κ1) is 17.5. The zero-order valence-electron chi connectivity index (χ0n) is 15.3. The third-order valence-corrected chi connectivity index (χ3v) is 5.42. The maximum atomic E-state index is 12.9. The lowest BCUT2D eigenvalue weighted by Gasteiger charge is -2.24. The Morgan fingerprint density at radius 2 is 2.04 bits per heavy atom. The molecule has 0 unspecified atom stereocenters. The summed E-state index contributed by atoms with van der Waals surface area (Å²) in [4.78, 5) is 17.1. The number of rotatable bonds is 3. The second-order valence-electron chi connectivity index (χ2n) is 7.10. The molecule has 1 aromatic heterocycles. The summed E-state index contributed by atoms with van der Waals surface area (Å²) in [6, 6.07) is 10.7. The Hall–Kier alpha value is -2.32. The van der Waals surface area contributed by atoms with Crippen LogP contribution in [-0.4, -0.2) is 53.5 Å². The van der Waals surface area contributed by atoms with Crippen molar-refractivity contribution in [1.29, 1.82) is 5.26 Å². The van der Waals surface area contributed by atoms with E-state index in [0.29, 0.717) is 18.2 Å². The van der Waals surface area contributed by atoms with Gasteiger partial charge in [0.1, 0.15) is 12.6 Å². The van der Waals surface area contributed by atoms with E-state index in [2.05, 4.69) is 25.1 Å². The van der Waals surface area contributed by atoms with Gasteiger partial charge in [-0.1, -0.05) is 18.2 Å². The van der Waals surface area contributed by atoms with Gasteiger partial charge in [0.25, 0.3) is 0 Å². The van der Waals surface area contributed by atoms with Crippen molar-refractivity contribution in [3.05, 3.63) is 35.5 Å². The number of para-hydroxylation sites is 1. The molecule has 0 spiro atoms. The number of carbonyl (C=O) groups excluding carboxylic acids is 1. The van der Waals surface area contributed by atoms with Crippen LogP contribution in [0.2, 0.25) is 0 Å². The van der Waals surface area contributed by atoms with Crippen LogP contribution in [0.4, 0.5) is 0 Å². The monoisotopic (exact) mass is 338 g/mol. The highest BCUT2D eigenvalue weighted by molar-refractivity contribution is 5.89. The van der Waals surface area contributed by atoms with E-state index in [-0.39, 0.29) is 5.91 Å². The van der Waals surface area contributed by atoms with Crippen LogP contribution in [0.1, 0.15) is 30.5 Å². The largest absolute Gasteiger partial charge is 0.341 e. The Bertz CT molecular complexity index is 815. The average molecular weight is 338 g/mol. The van der Waals surface area contributed by atoms with E-state index in [1.165, 1.54) is 0 Å². The molecule has 132 valence electrons. The van der Waals surface area contributed by atoms with Crippen LogP contribution in [0.3, 0.4) is 0 Å². The average Bonchev–Trinajstić information content (AvgIpc) is 2.77. The third kappa shape index (κ3) is 3.40. The SMILES string of the molecule is Cc1c(C#N)c2ccccc2n1CC(=O)N1CCC[C@H](N(C)C)CC1. The fourth-order valence-electron chi connectivity index (χ4n) is 3.86. The zero-order chi connectivity index (χ0) is 18.0. The number of hydrogen-bond donors (Lipinski definition) is 0. The molecule has 1 aliphatic heterocycles. The van der Waals surface area contributed by atoms with Gasteiger partial charge < -0.3 is 14.4 Å². The summed E-state index contributed by atoms with van der Waals surface area (Å²) in [5.74, 6) is 0.146. The molecule has 5 heteroatoms. The summed E-state index contributed by atoms with van der Waals surface area (Å²) in [5, 5.41) is 10.4. The van der Waals surface area contributed by atoms with Gasteiger partial charge in [0.15, 0.2) is 0 Å². The Balaban J connectivity index is 1.81. The molecule has 0 saturated carbocycles. The molecular formula is C20H26N4O. The number of carbonyl (C=O) groups is 1. The van der Waals surface area contributed by atoms with Crippen molar-refractivity contribution in [1.82, 2.24) is 14.4 Å². The quantitative estimate of drug-likeness (QED) is 0.865. The smallest absolute Gasteiger partial charge is 0.242 e. The molecule has 5 nitrogen and oxygen atoms in total. The molecule has 1 aromatic carbocycles. The highest BCUT2D eigenvalue weighted by Crippen LogP contribution is 2.25. The van der Waals surface area contributed by atoms with Crippen LogP contribution in [0.25, 0.3) is 10.9 Å². The van der Waals surface area contributed by atoms with Gasteiger partial charge in [-0.2, -0.15) is 5.26 Å². The van der Waals surface area contributed by atoms with Gasteiger partial charge in [0.2, 0.25) is 5.91 Å². The predicted octanol–water partition coefficient (Wildman–Crippen LogP) is 2.76. The Labute approximate surface area is 149 Å². The third-order valence-electron chi connectivity index (χ3n) is 5.42. The van der Waals surface area contributed by atoms with E-state index in [9.17, 15) is 10.1 Å². The molecular weight excluding hydrogens is 312 g/mol. The van der Waals surface area contributed by atoms with Crippen LogP contribution in [-0.2, 0) is 11.3 Å². The maximum absolute atomic E-state index is 12.9. The van der Waals surface area contributed by atoms with Crippen molar-refractivity contribution in [3.8, 4) is 6.07 Å². The lowest BCUT2D eigenvalue weighted by atomic mass is 10.1. The van der Waals surface area contributed by atoms with Gasteiger partial charge in [-0.25, -0.2) is 0 Å². The van der Waals surface area contributed by atoms with Crippen LogP contribution >= 0.6 is 0 Å². The maximum Gasteiger partial charge on any atom is 0.242 e. The molecule has 0 bridgehead atoms. The molecule has 0 radical (unpaired) electrons. The summed E-state index contributed by atoms with van der Waals surface area (Å²) in [7, 11) is 4.22. The minimum atomic E-state index is 0.146. The van der Waals surface area contributed by atoms with Crippen molar-refractivity contribution < 1.29 is 4.79 Å². The fraction of sp³-hybridized carbons (Fsp3) is 0.500. The number of nitrogens with zero attached hydrogens (tertiary/aromatic N) is 4. The zero-order valence-corrected chi connectivity index (χ0v) is 15.3. The molecule has 2 aromatic rings. The minimum absolute atomic E-state index is 0.146. The number of amides is 1. The number of benzene rings is 1. The van der Waals surface area contributed by atoms with Crippen LogP contribution in [0.15, 0.2) is 24.3 Å². The second kappa shape index (κ2) is 7.28. The molecule has 25 heavy (non-hydrogen) atoms. The van der Waals surface area contributed by atoms with E-state index >= 15 is 0 Å². The van der Waals surface area contributed by atoms with Gasteiger partial charge in [-0.15, -0.1) is 0 Å². The van der Waals surface area contributed by atoms with Gasteiger partial charge in [0, 0.05) is 30.2 Å². The van der Waals surface area contributed by atoms with Gasteiger partial charge >= 0.3 is 0 Å². The molecule has 2 heterocycles. The molecule has 1 saturated heterocycles. The molecule has 1 amide bonds. The van der Waals surface area contributed by atoms with Crippen molar-refractivity contribution in [2.45, 2.75) is 38.8 Å². The molecule has 0 N–H and O–H groups in total. The first-order valence-electron chi connectivity index (χ1n) is 8.95. The minimum Gasteiger partial charge on any atom is -0.341 e. The highest BCUT2D eigenvalue weighted by Gasteiger charge is 2.23. The van der Waals surface area contributed by atoms with E-state index in [0.717, 1.165) is 48.9 Å². The van der Waals surface area contributed by atoms with Crippen LogP contribution in [0, 0.1) is 18.3 Å². The second-order valence-corrected chi connectivity index (χ2v) is 7.10. The first-order valence-corrected chi connectivity index (χ1v) is 8.95. The standard InChI is InChI=1S/C20H26N4O/c1-15-18(13-21)17-8-4-5-9-19(17)24(15)14-20(25)23-11-6-7-16(10-12-23)22(2)3/h4-5,8-9,16H,6-7,10-12,14H2,1-3H3/t16-/m0/s1. The summed E-state index contributed by atoms with van der Waals surface area (Å²) < 4.78 is 1.99. The van der Waals surface area contributed by atoms with Crippen LogP contribution in [0.5, 0.6) is 0 Å². The number of nitriles is 1. The molecule has 0 aliphatic carbocycles. The van der Waals surface area contributed by atoms with Crippen molar-refractivity contribution in [2.75, 3.05) is 27.2 Å². The first-order chi connectivity index (χ1) is 12.0. The van der Waals surface area contributed by atoms with Crippen LogP contribution < -0.4 is 0 Å². The Kier molecular flexibility index (Phi) is 5.10. The van der Waals surface area contributed by atoms with Crippen molar-refractivity contribution >= 4 is 16.8 Å². The number of hydrogen-bond acceptors (Lipinski definition) is 3. The Morgan fingerprint density at radius 1 is 1.28 bits per heavy atom. The highest BCUT2D eigenvalue weighted by atomic mass is 16.2. The normalized spacial score (nSPS) is 18.4. The lowest BCUT2D eigenvalue weighted by molar-refractivity contribution is -0.131. The molecule has 1 aliphatic rings. The number of likely N-dealkylation sites (tertiary alicyclic amines) is 1. The van der Waals surface area contributed by atoms with Crippen molar-refractivity contribution in [3.63, 3.8) is 0 Å². The van der Waals surface area contributed by atoms with E-state index in [4.69, 9.17) is 0 Å². The summed E-state index contributed by atoms with van der Waals surface area (Å²) in [5.41, 5.74) is 2.51. The van der Waals surface area contributed by atoms with E-state index in [1.54, 1.807) is 0 Å².